The minimum absolute atomic E-state index is 0.000191. The highest BCUT2D eigenvalue weighted by molar-refractivity contribution is 6.12. The Labute approximate surface area is 212 Å². The van der Waals surface area contributed by atoms with Gasteiger partial charge in [-0.2, -0.15) is 0 Å². The predicted molar refractivity (Wildman–Crippen MR) is 145 cm³/mol. The zero-order valence-corrected chi connectivity index (χ0v) is 22.5. The molecule has 0 spiro atoms. The van der Waals surface area contributed by atoms with Gasteiger partial charge in [0.05, 0.1) is 19.3 Å². The molecule has 5 heteroatoms. The highest BCUT2D eigenvalue weighted by Crippen LogP contribution is 2.24. The van der Waals surface area contributed by atoms with Gasteiger partial charge in [0.25, 0.3) is 0 Å². The van der Waals surface area contributed by atoms with Crippen LogP contribution in [0.25, 0.3) is 0 Å². The summed E-state index contributed by atoms with van der Waals surface area (Å²) in [6.45, 7) is 9.90. The summed E-state index contributed by atoms with van der Waals surface area (Å²) in [5.74, 6) is 0.351. The molecule has 0 atom stereocenters. The fourth-order valence-corrected chi connectivity index (χ4v) is 3.44. The van der Waals surface area contributed by atoms with Crippen molar-refractivity contribution in [3.05, 3.63) is 77.1 Å². The molecule has 0 saturated carbocycles. The van der Waals surface area contributed by atoms with Crippen LogP contribution >= 0.6 is 0 Å². The van der Waals surface area contributed by atoms with Crippen molar-refractivity contribution in [1.29, 1.82) is 0 Å². The van der Waals surface area contributed by atoms with Crippen molar-refractivity contribution in [1.82, 2.24) is 4.90 Å². The molecule has 2 rings (SSSR count). The third-order valence-corrected chi connectivity index (χ3v) is 5.56. The summed E-state index contributed by atoms with van der Waals surface area (Å²) in [7, 11) is 5.57. The third-order valence-electron chi connectivity index (χ3n) is 5.56. The highest BCUT2D eigenvalue weighted by atomic mass is 16.5. The number of Topliss-reactive ketones (excluding diaryl/α,β-unsaturated/α-hetero) is 1. The van der Waals surface area contributed by atoms with Crippen LogP contribution in [0.15, 0.2) is 65.9 Å². The first-order chi connectivity index (χ1) is 16.7. The topological polar surface area (TPSA) is 55.8 Å². The largest absolute Gasteiger partial charge is 0.496 e. The molecule has 1 aromatic rings. The molecular weight excluding hydrogens is 438 g/mol. The van der Waals surface area contributed by atoms with Crippen LogP contribution in [-0.2, 0) is 9.53 Å². The predicted octanol–water partition coefficient (Wildman–Crippen LogP) is 6.98. The van der Waals surface area contributed by atoms with Crippen LogP contribution in [0.2, 0.25) is 0 Å². The molecule has 0 radical (unpaired) electrons. The van der Waals surface area contributed by atoms with E-state index in [0.717, 1.165) is 30.5 Å². The molecule has 192 valence electrons. The molecule has 5 nitrogen and oxygen atoms in total. The van der Waals surface area contributed by atoms with E-state index in [4.69, 9.17) is 9.47 Å². The summed E-state index contributed by atoms with van der Waals surface area (Å²) in [5.41, 5.74) is 3.94. The molecule has 0 N–H and O–H groups in total. The van der Waals surface area contributed by atoms with E-state index in [1.807, 2.05) is 62.3 Å². The number of benzene rings is 1. The number of carbonyl (C=O) groups excluding carboxylic acids is 2. The Morgan fingerprint density at radius 2 is 1.71 bits per heavy atom. The number of unbranched alkanes of at least 4 members (excludes halogenated alkanes) is 5. The molecule has 0 fully saturated rings. The van der Waals surface area contributed by atoms with Crippen LogP contribution < -0.4 is 4.74 Å². The van der Waals surface area contributed by atoms with E-state index < -0.39 is 0 Å². The number of rotatable bonds is 12. The SMILES string of the molecule is C=C(C)C(=O)OCCCCCCCC.COc1ccc(C)cc1C(=O)C1=CCC=C(N(C)C)C=C1. The summed E-state index contributed by atoms with van der Waals surface area (Å²) in [6, 6.07) is 5.66. The van der Waals surface area contributed by atoms with E-state index in [9.17, 15) is 9.59 Å². The number of hydrogen-bond donors (Lipinski definition) is 0. The summed E-state index contributed by atoms with van der Waals surface area (Å²) >= 11 is 0. The van der Waals surface area contributed by atoms with Crippen molar-refractivity contribution in [2.24, 2.45) is 0 Å². The van der Waals surface area contributed by atoms with E-state index in [1.165, 1.54) is 25.7 Å². The van der Waals surface area contributed by atoms with E-state index in [2.05, 4.69) is 19.6 Å². The Morgan fingerprint density at radius 1 is 1.03 bits per heavy atom. The summed E-state index contributed by atoms with van der Waals surface area (Å²) < 4.78 is 10.3. The van der Waals surface area contributed by atoms with Crippen molar-refractivity contribution in [2.75, 3.05) is 27.8 Å². The first-order valence-electron chi connectivity index (χ1n) is 12.5. The Kier molecular flexibility index (Phi) is 14.1. The molecule has 0 unspecified atom stereocenters. The molecule has 0 heterocycles. The monoisotopic (exact) mass is 481 g/mol. The standard InChI is InChI=1S/C18H21NO2.C12H22O2/c1-13-8-11-17(21-4)16(12-13)18(20)14-6-5-7-15(10-9-14)19(2)3;1-4-5-6-7-8-9-10-14-12(13)11(2)3/h6-12H,5H2,1-4H3;2,4-10H2,1,3H3. The van der Waals surface area contributed by atoms with Crippen LogP contribution in [0.3, 0.4) is 0 Å². The summed E-state index contributed by atoms with van der Waals surface area (Å²) in [5, 5.41) is 0. The Balaban J connectivity index is 0.000000383. The van der Waals surface area contributed by atoms with E-state index in [1.54, 1.807) is 14.0 Å². The number of aryl methyl sites for hydroxylation is 1. The van der Waals surface area contributed by atoms with Crippen LogP contribution in [0.1, 0.15) is 74.7 Å². The fraction of sp³-hybridized carbons (Fsp3) is 0.467. The maximum absolute atomic E-state index is 12.7. The first-order valence-corrected chi connectivity index (χ1v) is 12.5. The van der Waals surface area contributed by atoms with E-state index in [-0.39, 0.29) is 11.8 Å². The lowest BCUT2D eigenvalue weighted by Crippen LogP contribution is -2.08. The van der Waals surface area contributed by atoms with E-state index >= 15 is 0 Å². The summed E-state index contributed by atoms with van der Waals surface area (Å²) in [4.78, 5) is 25.7. The number of carbonyl (C=O) groups is 2. The van der Waals surface area contributed by atoms with Gasteiger partial charge in [0.2, 0.25) is 0 Å². The molecule has 0 bridgehead atoms. The van der Waals surface area contributed by atoms with Crippen molar-refractivity contribution in [3.63, 3.8) is 0 Å². The van der Waals surface area contributed by atoms with Crippen molar-refractivity contribution < 1.29 is 19.1 Å². The van der Waals surface area contributed by atoms with Crippen LogP contribution in [0.5, 0.6) is 5.75 Å². The number of esters is 1. The number of allylic oxidation sites excluding steroid dienone is 5. The molecule has 35 heavy (non-hydrogen) atoms. The highest BCUT2D eigenvalue weighted by Gasteiger charge is 2.16. The minimum atomic E-state index is -0.265. The lowest BCUT2D eigenvalue weighted by molar-refractivity contribution is -0.139. The third kappa shape index (κ3) is 11.3. The maximum Gasteiger partial charge on any atom is 0.333 e. The van der Waals surface area contributed by atoms with Gasteiger partial charge in [-0.15, -0.1) is 0 Å². The van der Waals surface area contributed by atoms with Crippen molar-refractivity contribution in [3.8, 4) is 5.75 Å². The number of ketones is 1. The van der Waals surface area contributed by atoms with Crippen molar-refractivity contribution in [2.45, 2.75) is 65.7 Å². The van der Waals surface area contributed by atoms with Gasteiger partial charge in [-0.25, -0.2) is 4.79 Å². The summed E-state index contributed by atoms with van der Waals surface area (Å²) in [6.07, 6.45) is 15.9. The zero-order valence-electron chi connectivity index (χ0n) is 22.5. The number of methoxy groups -OCH3 is 1. The van der Waals surface area contributed by atoms with Crippen LogP contribution in [-0.4, -0.2) is 44.5 Å². The normalized spacial score (nSPS) is 12.4. The van der Waals surface area contributed by atoms with E-state index in [0.29, 0.717) is 29.1 Å². The molecule has 0 aromatic heterocycles. The second-order valence-electron chi connectivity index (χ2n) is 8.97. The lowest BCUT2D eigenvalue weighted by Gasteiger charge is -2.12. The van der Waals surface area contributed by atoms with Crippen LogP contribution in [0.4, 0.5) is 0 Å². The van der Waals surface area contributed by atoms with Gasteiger partial charge in [0, 0.05) is 30.9 Å². The van der Waals surface area contributed by atoms with Crippen LogP contribution in [0, 0.1) is 6.92 Å². The molecule has 1 aliphatic carbocycles. The Hall–Kier alpha value is -3.08. The van der Waals surface area contributed by atoms with Crippen molar-refractivity contribution >= 4 is 11.8 Å². The van der Waals surface area contributed by atoms with Gasteiger partial charge < -0.3 is 14.4 Å². The number of ether oxygens (including phenoxy) is 2. The Bertz CT molecular complexity index is 938. The second-order valence-corrected chi connectivity index (χ2v) is 8.97. The minimum Gasteiger partial charge on any atom is -0.496 e. The zero-order chi connectivity index (χ0) is 26.2. The quantitative estimate of drug-likeness (QED) is 0.139. The average molecular weight is 482 g/mol. The van der Waals surface area contributed by atoms with Gasteiger partial charge >= 0.3 is 5.97 Å². The van der Waals surface area contributed by atoms with Gasteiger partial charge in [-0.3, -0.25) is 4.79 Å². The molecule has 0 aliphatic heterocycles. The van der Waals surface area contributed by atoms with Gasteiger partial charge in [0.15, 0.2) is 5.78 Å². The smallest absolute Gasteiger partial charge is 0.333 e. The first kappa shape index (κ1) is 30.0. The number of hydrogen-bond acceptors (Lipinski definition) is 5. The molecule has 1 aromatic carbocycles. The van der Waals surface area contributed by atoms with Gasteiger partial charge in [-0.1, -0.05) is 69.4 Å². The Morgan fingerprint density at radius 3 is 2.34 bits per heavy atom. The fourth-order valence-electron chi connectivity index (χ4n) is 3.44. The molecular formula is C30H43NO4. The number of likely N-dealkylation sites (N-methyl/N-ethyl adjacent to an activating group) is 1. The molecule has 0 amide bonds. The number of nitrogens with zero attached hydrogens (tertiary/aromatic N) is 1. The molecule has 1 aliphatic rings. The lowest BCUT2D eigenvalue weighted by atomic mass is 10.00. The van der Waals surface area contributed by atoms with Gasteiger partial charge in [0.1, 0.15) is 5.75 Å². The second kappa shape index (κ2) is 16.5. The average Bonchev–Trinajstić information content (AvgIpc) is 3.10. The maximum atomic E-state index is 12.7. The van der Waals surface area contributed by atoms with Gasteiger partial charge in [-0.05, 0) is 51.0 Å². The molecule has 0 saturated heterocycles.